The molecule has 0 amide bonds. The van der Waals surface area contributed by atoms with E-state index in [0.717, 1.165) is 24.8 Å². The molecular formula is C13H16O. The molecule has 0 radical (unpaired) electrons. The van der Waals surface area contributed by atoms with Gasteiger partial charge in [0.25, 0.3) is 0 Å². The van der Waals surface area contributed by atoms with Crippen molar-refractivity contribution in [3.63, 3.8) is 0 Å². The summed E-state index contributed by atoms with van der Waals surface area (Å²) in [5.41, 5.74) is 0.961. The normalized spacial score (nSPS) is 11.6. The predicted molar refractivity (Wildman–Crippen MR) is 58.9 cm³/mol. The van der Waals surface area contributed by atoms with Crippen LogP contribution >= 0.6 is 0 Å². The Morgan fingerprint density at radius 2 is 2.00 bits per heavy atom. The first kappa shape index (κ1) is 10.8. The first-order valence-electron chi connectivity index (χ1n) is 5.07. The summed E-state index contributed by atoms with van der Waals surface area (Å²) in [6.07, 6.45) is 2.43. The van der Waals surface area contributed by atoms with Gasteiger partial charge in [0.1, 0.15) is 6.10 Å². The second-order valence-electron chi connectivity index (χ2n) is 3.29. The van der Waals surface area contributed by atoms with Crippen molar-refractivity contribution in [2.45, 2.75) is 32.3 Å². The van der Waals surface area contributed by atoms with Gasteiger partial charge in [-0.2, -0.15) is 0 Å². The van der Waals surface area contributed by atoms with Crippen LogP contribution in [-0.2, 0) is 0 Å². The van der Waals surface area contributed by atoms with Crippen molar-refractivity contribution in [3.05, 3.63) is 35.9 Å². The number of benzene rings is 1. The van der Waals surface area contributed by atoms with Crippen molar-refractivity contribution in [2.75, 3.05) is 0 Å². The van der Waals surface area contributed by atoms with Gasteiger partial charge in [-0.1, -0.05) is 49.8 Å². The van der Waals surface area contributed by atoms with Crippen LogP contribution in [0.2, 0.25) is 0 Å². The van der Waals surface area contributed by atoms with Crippen LogP contribution in [0.5, 0.6) is 0 Å². The van der Waals surface area contributed by atoms with Crippen molar-refractivity contribution in [2.24, 2.45) is 0 Å². The van der Waals surface area contributed by atoms with E-state index in [-0.39, 0.29) is 0 Å². The Hall–Kier alpha value is -1.26. The summed E-state index contributed by atoms with van der Waals surface area (Å²) < 4.78 is 0. The van der Waals surface area contributed by atoms with Crippen LogP contribution in [0.4, 0.5) is 0 Å². The second kappa shape index (κ2) is 6.23. The molecule has 1 N–H and O–H groups in total. The van der Waals surface area contributed by atoms with Gasteiger partial charge in [0.2, 0.25) is 0 Å². The number of rotatable bonds is 3. The summed E-state index contributed by atoms with van der Waals surface area (Å²) >= 11 is 0. The summed E-state index contributed by atoms with van der Waals surface area (Å²) in [4.78, 5) is 0. The molecule has 74 valence electrons. The van der Waals surface area contributed by atoms with Gasteiger partial charge in [-0.25, -0.2) is 0 Å². The third kappa shape index (κ3) is 4.11. The van der Waals surface area contributed by atoms with Gasteiger partial charge in [-0.05, 0) is 18.6 Å². The maximum Gasteiger partial charge on any atom is 0.115 e. The van der Waals surface area contributed by atoms with Crippen LogP contribution in [0, 0.1) is 11.8 Å². The fourth-order valence-corrected chi connectivity index (χ4v) is 1.16. The third-order valence-electron chi connectivity index (χ3n) is 1.99. The highest BCUT2D eigenvalue weighted by atomic mass is 16.3. The van der Waals surface area contributed by atoms with Crippen molar-refractivity contribution in [1.29, 1.82) is 0 Å². The van der Waals surface area contributed by atoms with E-state index >= 15 is 0 Å². The van der Waals surface area contributed by atoms with Crippen molar-refractivity contribution in [1.82, 2.24) is 0 Å². The van der Waals surface area contributed by atoms with Crippen LogP contribution in [0.1, 0.15) is 31.7 Å². The van der Waals surface area contributed by atoms with Gasteiger partial charge >= 0.3 is 0 Å². The summed E-state index contributed by atoms with van der Waals surface area (Å²) in [7, 11) is 0. The van der Waals surface area contributed by atoms with Crippen LogP contribution in [0.3, 0.4) is 0 Å². The fraction of sp³-hybridized carbons (Fsp3) is 0.385. The van der Waals surface area contributed by atoms with E-state index < -0.39 is 6.10 Å². The molecule has 0 aromatic heterocycles. The molecule has 1 nitrogen and oxygen atoms in total. The molecule has 0 bridgehead atoms. The van der Waals surface area contributed by atoms with Crippen molar-refractivity contribution >= 4 is 0 Å². The van der Waals surface area contributed by atoms with Crippen LogP contribution < -0.4 is 0 Å². The monoisotopic (exact) mass is 188 g/mol. The standard InChI is InChI=1S/C13H16O/c1-2-3-9-13(14)11-10-12-7-5-4-6-8-12/h4-8,13-14H,2-3,9H2,1H3. The molecule has 1 unspecified atom stereocenters. The Balaban J connectivity index is 2.47. The molecule has 0 aliphatic rings. The number of unbranched alkanes of at least 4 members (excludes halogenated alkanes) is 1. The van der Waals surface area contributed by atoms with E-state index in [2.05, 4.69) is 18.8 Å². The van der Waals surface area contributed by atoms with E-state index in [1.165, 1.54) is 0 Å². The molecule has 0 aliphatic carbocycles. The van der Waals surface area contributed by atoms with Crippen LogP contribution in [0.15, 0.2) is 30.3 Å². The molecule has 1 heteroatoms. The lowest BCUT2D eigenvalue weighted by molar-refractivity contribution is 0.218. The Morgan fingerprint density at radius 3 is 2.64 bits per heavy atom. The van der Waals surface area contributed by atoms with Crippen molar-refractivity contribution in [3.8, 4) is 11.8 Å². The van der Waals surface area contributed by atoms with Gasteiger partial charge < -0.3 is 5.11 Å². The zero-order valence-corrected chi connectivity index (χ0v) is 8.53. The molecule has 1 rings (SSSR count). The maximum atomic E-state index is 9.47. The number of hydrogen-bond acceptors (Lipinski definition) is 1. The minimum absolute atomic E-state index is 0.477. The average Bonchev–Trinajstić information content (AvgIpc) is 2.25. The first-order valence-corrected chi connectivity index (χ1v) is 5.07. The Bertz CT molecular complexity index is 305. The number of hydrogen-bond donors (Lipinski definition) is 1. The molecule has 14 heavy (non-hydrogen) atoms. The molecule has 1 aromatic rings. The number of aliphatic hydroxyl groups is 1. The van der Waals surface area contributed by atoms with Crippen molar-refractivity contribution < 1.29 is 5.11 Å². The zero-order chi connectivity index (χ0) is 10.2. The summed E-state index contributed by atoms with van der Waals surface area (Å²) in [6, 6.07) is 9.74. The molecule has 0 spiro atoms. The highest BCUT2D eigenvalue weighted by Gasteiger charge is 1.96. The summed E-state index contributed by atoms with van der Waals surface area (Å²) in [5.74, 6) is 5.79. The minimum Gasteiger partial charge on any atom is -0.380 e. The molecule has 0 fully saturated rings. The second-order valence-corrected chi connectivity index (χ2v) is 3.29. The largest absolute Gasteiger partial charge is 0.380 e. The first-order chi connectivity index (χ1) is 6.83. The van der Waals surface area contributed by atoms with Gasteiger partial charge in [-0.3, -0.25) is 0 Å². The lowest BCUT2D eigenvalue weighted by Gasteiger charge is -1.99. The van der Waals surface area contributed by atoms with Gasteiger partial charge in [0.05, 0.1) is 0 Å². The number of aliphatic hydroxyl groups excluding tert-OH is 1. The lowest BCUT2D eigenvalue weighted by atomic mass is 10.1. The minimum atomic E-state index is -0.477. The highest BCUT2D eigenvalue weighted by Crippen LogP contribution is 2.00. The average molecular weight is 188 g/mol. The fourth-order valence-electron chi connectivity index (χ4n) is 1.16. The Kier molecular flexibility index (Phi) is 4.82. The van der Waals surface area contributed by atoms with Gasteiger partial charge in [0.15, 0.2) is 0 Å². The Labute approximate surface area is 85.8 Å². The van der Waals surface area contributed by atoms with E-state index in [4.69, 9.17) is 0 Å². The maximum absolute atomic E-state index is 9.47. The van der Waals surface area contributed by atoms with E-state index in [1.54, 1.807) is 0 Å². The Morgan fingerprint density at radius 1 is 1.29 bits per heavy atom. The molecular weight excluding hydrogens is 172 g/mol. The summed E-state index contributed by atoms with van der Waals surface area (Å²) in [6.45, 7) is 2.11. The van der Waals surface area contributed by atoms with Gasteiger partial charge in [-0.15, -0.1) is 0 Å². The molecule has 1 aromatic carbocycles. The predicted octanol–water partition coefficient (Wildman–Crippen LogP) is 2.59. The highest BCUT2D eigenvalue weighted by molar-refractivity contribution is 5.34. The lowest BCUT2D eigenvalue weighted by Crippen LogP contribution is -2.01. The van der Waals surface area contributed by atoms with Crippen LogP contribution in [-0.4, -0.2) is 11.2 Å². The molecule has 0 heterocycles. The smallest absolute Gasteiger partial charge is 0.115 e. The molecule has 1 atom stereocenters. The molecule has 0 saturated heterocycles. The zero-order valence-electron chi connectivity index (χ0n) is 8.53. The quantitative estimate of drug-likeness (QED) is 0.723. The van der Waals surface area contributed by atoms with Gasteiger partial charge in [0, 0.05) is 5.56 Å². The topological polar surface area (TPSA) is 20.2 Å². The molecule has 0 saturated carbocycles. The van der Waals surface area contributed by atoms with E-state index in [1.807, 2.05) is 30.3 Å². The summed E-state index contributed by atoms with van der Waals surface area (Å²) in [5, 5.41) is 9.47. The van der Waals surface area contributed by atoms with E-state index in [9.17, 15) is 5.11 Å². The third-order valence-corrected chi connectivity index (χ3v) is 1.99. The van der Waals surface area contributed by atoms with Crippen LogP contribution in [0.25, 0.3) is 0 Å². The SMILES string of the molecule is CCCCC(O)C#Cc1ccccc1. The molecule has 0 aliphatic heterocycles. The van der Waals surface area contributed by atoms with E-state index in [0.29, 0.717) is 0 Å².